The summed E-state index contributed by atoms with van der Waals surface area (Å²) in [4.78, 5) is 27.6. The van der Waals surface area contributed by atoms with Crippen LogP contribution in [0.4, 0.5) is 5.69 Å². The Morgan fingerprint density at radius 1 is 1.16 bits per heavy atom. The summed E-state index contributed by atoms with van der Waals surface area (Å²) in [5, 5.41) is 10.2. The number of carboxylic acids is 1. The monoisotopic (exact) mass is 478 g/mol. The average Bonchev–Trinajstić information content (AvgIpc) is 2.78. The molecular formula is C24H28Cl2N2O4. The van der Waals surface area contributed by atoms with Crippen molar-refractivity contribution in [3.8, 4) is 5.75 Å². The van der Waals surface area contributed by atoms with E-state index in [9.17, 15) is 14.7 Å². The second kappa shape index (κ2) is 11.4. The van der Waals surface area contributed by atoms with Crippen molar-refractivity contribution in [3.05, 3.63) is 58.1 Å². The molecule has 1 N–H and O–H groups in total. The molecule has 0 radical (unpaired) electrons. The van der Waals surface area contributed by atoms with Crippen LogP contribution in [0.15, 0.2) is 42.5 Å². The van der Waals surface area contributed by atoms with Crippen LogP contribution in [0.1, 0.15) is 31.2 Å². The summed E-state index contributed by atoms with van der Waals surface area (Å²) in [7, 11) is 1.80. The molecule has 0 spiro atoms. The first kappa shape index (κ1) is 24.2. The van der Waals surface area contributed by atoms with Crippen molar-refractivity contribution >= 4 is 40.8 Å². The van der Waals surface area contributed by atoms with Crippen LogP contribution in [0.5, 0.6) is 5.75 Å². The molecule has 8 heteroatoms. The molecule has 0 saturated carbocycles. The molecule has 2 aromatic carbocycles. The standard InChI is InChI=1S/C24H28Cl2N2O4/c1-27(23(29)6-3-13-32-22-8-7-19(25)15-21(22)26)16-17-4-2-5-20(14-17)28-11-9-18(10-12-28)24(30)31/h2,4-5,7-8,14-15,18H,3,6,9-13,16H2,1H3,(H,30,31). The van der Waals surface area contributed by atoms with Gasteiger partial charge in [0.25, 0.3) is 0 Å². The van der Waals surface area contributed by atoms with E-state index in [0.29, 0.717) is 54.6 Å². The third-order valence-electron chi connectivity index (χ3n) is 5.65. The molecule has 1 saturated heterocycles. The molecule has 1 aliphatic heterocycles. The largest absolute Gasteiger partial charge is 0.492 e. The molecule has 1 fully saturated rings. The molecule has 6 nitrogen and oxygen atoms in total. The van der Waals surface area contributed by atoms with Crippen LogP contribution in [0.25, 0.3) is 0 Å². The highest BCUT2D eigenvalue weighted by Gasteiger charge is 2.24. The minimum atomic E-state index is -0.708. The average molecular weight is 479 g/mol. The predicted molar refractivity (Wildman–Crippen MR) is 127 cm³/mol. The van der Waals surface area contributed by atoms with Gasteiger partial charge >= 0.3 is 5.97 Å². The summed E-state index contributed by atoms with van der Waals surface area (Å²) in [6.07, 6.45) is 2.27. The molecule has 172 valence electrons. The van der Waals surface area contributed by atoms with Gasteiger partial charge in [0.2, 0.25) is 5.91 Å². The van der Waals surface area contributed by atoms with Gasteiger partial charge in [-0.05, 0) is 55.2 Å². The maximum Gasteiger partial charge on any atom is 0.306 e. The Morgan fingerprint density at radius 3 is 2.59 bits per heavy atom. The highest BCUT2D eigenvalue weighted by Crippen LogP contribution is 2.28. The Kier molecular flexibility index (Phi) is 8.65. The summed E-state index contributed by atoms with van der Waals surface area (Å²) in [6, 6.07) is 13.2. The fraction of sp³-hybridized carbons (Fsp3) is 0.417. The maximum absolute atomic E-state index is 12.5. The number of piperidine rings is 1. The zero-order valence-electron chi connectivity index (χ0n) is 18.1. The molecule has 0 unspecified atom stereocenters. The van der Waals surface area contributed by atoms with Crippen molar-refractivity contribution in [1.29, 1.82) is 0 Å². The third-order valence-corrected chi connectivity index (χ3v) is 6.18. The first-order chi connectivity index (χ1) is 15.3. The number of hydrogen-bond donors (Lipinski definition) is 1. The van der Waals surface area contributed by atoms with Crippen LogP contribution in [0.2, 0.25) is 10.0 Å². The first-order valence-corrected chi connectivity index (χ1v) is 11.5. The van der Waals surface area contributed by atoms with Crippen LogP contribution in [0, 0.1) is 5.92 Å². The number of ether oxygens (including phenoxy) is 1. The van der Waals surface area contributed by atoms with Gasteiger partial charge in [-0.3, -0.25) is 9.59 Å². The molecule has 1 heterocycles. The van der Waals surface area contributed by atoms with Crippen LogP contribution >= 0.6 is 23.2 Å². The van der Waals surface area contributed by atoms with Crippen molar-refractivity contribution in [3.63, 3.8) is 0 Å². The van der Waals surface area contributed by atoms with Crippen molar-refractivity contribution in [2.24, 2.45) is 5.92 Å². The number of benzene rings is 2. The van der Waals surface area contributed by atoms with Crippen molar-refractivity contribution < 1.29 is 19.4 Å². The number of hydrogen-bond acceptors (Lipinski definition) is 4. The van der Waals surface area contributed by atoms with Gasteiger partial charge in [0, 0.05) is 43.8 Å². The van der Waals surface area contributed by atoms with E-state index in [0.717, 1.165) is 24.3 Å². The van der Waals surface area contributed by atoms with E-state index < -0.39 is 5.97 Å². The van der Waals surface area contributed by atoms with E-state index in [1.165, 1.54) is 0 Å². The highest BCUT2D eigenvalue weighted by molar-refractivity contribution is 6.35. The van der Waals surface area contributed by atoms with Gasteiger partial charge in [-0.25, -0.2) is 0 Å². The molecule has 3 rings (SSSR count). The lowest BCUT2D eigenvalue weighted by atomic mass is 9.96. The normalized spacial score (nSPS) is 14.3. The minimum absolute atomic E-state index is 0.0449. The van der Waals surface area contributed by atoms with E-state index in [4.69, 9.17) is 27.9 Å². The van der Waals surface area contributed by atoms with E-state index in [1.807, 2.05) is 18.2 Å². The summed E-state index contributed by atoms with van der Waals surface area (Å²) in [5.74, 6) is -0.359. The molecule has 0 aliphatic carbocycles. The zero-order valence-corrected chi connectivity index (χ0v) is 19.6. The highest BCUT2D eigenvalue weighted by atomic mass is 35.5. The predicted octanol–water partition coefficient (Wildman–Crippen LogP) is 5.11. The van der Waals surface area contributed by atoms with Gasteiger partial charge in [-0.2, -0.15) is 0 Å². The Bertz CT molecular complexity index is 945. The molecule has 0 atom stereocenters. The SMILES string of the molecule is CN(Cc1cccc(N2CCC(C(=O)O)CC2)c1)C(=O)CCCOc1ccc(Cl)cc1Cl. The fourth-order valence-electron chi connectivity index (χ4n) is 3.79. The van der Waals surface area contributed by atoms with Gasteiger partial charge in [-0.1, -0.05) is 35.3 Å². The first-order valence-electron chi connectivity index (χ1n) is 10.7. The number of halogens is 2. The van der Waals surface area contributed by atoms with Gasteiger partial charge in [0.1, 0.15) is 5.75 Å². The Labute approximate surface area is 198 Å². The summed E-state index contributed by atoms with van der Waals surface area (Å²) in [6.45, 7) is 2.37. The Balaban J connectivity index is 1.44. The van der Waals surface area contributed by atoms with Crippen LogP contribution < -0.4 is 9.64 Å². The minimum Gasteiger partial charge on any atom is -0.492 e. The van der Waals surface area contributed by atoms with Crippen molar-refractivity contribution in [2.45, 2.75) is 32.2 Å². The summed E-state index contributed by atoms with van der Waals surface area (Å²) in [5.41, 5.74) is 2.11. The molecule has 1 amide bonds. The van der Waals surface area contributed by atoms with Gasteiger partial charge < -0.3 is 19.6 Å². The van der Waals surface area contributed by atoms with Crippen LogP contribution in [-0.2, 0) is 16.1 Å². The number of carbonyl (C=O) groups is 2. The number of amides is 1. The third kappa shape index (κ3) is 6.78. The summed E-state index contributed by atoms with van der Waals surface area (Å²) >= 11 is 12.0. The molecule has 2 aromatic rings. The molecule has 0 bridgehead atoms. The second-order valence-electron chi connectivity index (χ2n) is 8.05. The zero-order chi connectivity index (χ0) is 23.1. The Hall–Kier alpha value is -2.44. The lowest BCUT2D eigenvalue weighted by Gasteiger charge is -2.32. The van der Waals surface area contributed by atoms with E-state index in [1.54, 1.807) is 30.1 Å². The second-order valence-corrected chi connectivity index (χ2v) is 8.89. The van der Waals surface area contributed by atoms with Crippen LogP contribution in [-0.4, -0.2) is 48.6 Å². The number of carboxylic acid groups (broad SMARTS) is 1. The quantitative estimate of drug-likeness (QED) is 0.506. The molecule has 0 aromatic heterocycles. The van der Waals surface area contributed by atoms with Crippen molar-refractivity contribution in [1.82, 2.24) is 4.90 Å². The number of nitrogens with zero attached hydrogens (tertiary/aromatic N) is 2. The molecule has 1 aliphatic rings. The van der Waals surface area contributed by atoms with Gasteiger partial charge in [0.05, 0.1) is 17.5 Å². The summed E-state index contributed by atoms with van der Waals surface area (Å²) < 4.78 is 5.64. The maximum atomic E-state index is 12.5. The van der Waals surface area contributed by atoms with Crippen LogP contribution in [0.3, 0.4) is 0 Å². The van der Waals surface area contributed by atoms with Gasteiger partial charge in [0.15, 0.2) is 0 Å². The van der Waals surface area contributed by atoms with E-state index in [-0.39, 0.29) is 11.8 Å². The lowest BCUT2D eigenvalue weighted by molar-refractivity contribution is -0.142. The smallest absolute Gasteiger partial charge is 0.306 e. The fourth-order valence-corrected chi connectivity index (χ4v) is 4.25. The molecular weight excluding hydrogens is 451 g/mol. The topological polar surface area (TPSA) is 70.1 Å². The van der Waals surface area contributed by atoms with E-state index >= 15 is 0 Å². The van der Waals surface area contributed by atoms with Gasteiger partial charge in [-0.15, -0.1) is 0 Å². The number of aliphatic carboxylic acids is 1. The van der Waals surface area contributed by atoms with E-state index in [2.05, 4.69) is 11.0 Å². The number of carbonyl (C=O) groups excluding carboxylic acids is 1. The lowest BCUT2D eigenvalue weighted by Crippen LogP contribution is -2.36. The number of anilines is 1. The van der Waals surface area contributed by atoms with Crippen molar-refractivity contribution in [2.75, 3.05) is 31.6 Å². The Morgan fingerprint density at radius 2 is 1.91 bits per heavy atom. The number of rotatable bonds is 9. The molecule has 32 heavy (non-hydrogen) atoms.